The zero-order valence-corrected chi connectivity index (χ0v) is 14.0. The molecule has 1 amide bonds. The van der Waals surface area contributed by atoms with Crippen LogP contribution in [-0.2, 0) is 28.8 Å². The molecule has 1 aromatic heterocycles. The highest BCUT2D eigenvalue weighted by molar-refractivity contribution is 7.11. The number of nitrogens with zero attached hydrogens (tertiary/aromatic N) is 1. The number of aromatic nitrogens is 1. The van der Waals surface area contributed by atoms with Gasteiger partial charge in [-0.15, -0.1) is 11.3 Å². The maximum absolute atomic E-state index is 12.3. The first-order chi connectivity index (χ1) is 10.7. The van der Waals surface area contributed by atoms with Crippen LogP contribution in [0.2, 0.25) is 0 Å². The maximum atomic E-state index is 12.3. The van der Waals surface area contributed by atoms with Crippen LogP contribution >= 0.6 is 11.3 Å². The van der Waals surface area contributed by atoms with E-state index in [1.807, 2.05) is 11.3 Å². The predicted molar refractivity (Wildman–Crippen MR) is 87.0 cm³/mol. The van der Waals surface area contributed by atoms with Crippen molar-refractivity contribution >= 4 is 17.2 Å². The van der Waals surface area contributed by atoms with E-state index in [9.17, 15) is 4.79 Å². The number of carbonyl (C=O) groups is 1. The zero-order valence-electron chi connectivity index (χ0n) is 13.1. The fourth-order valence-electron chi connectivity index (χ4n) is 3.45. The van der Waals surface area contributed by atoms with Crippen molar-refractivity contribution in [2.24, 2.45) is 11.7 Å². The van der Waals surface area contributed by atoms with Crippen molar-refractivity contribution in [3.63, 3.8) is 0 Å². The number of amides is 1. The number of methoxy groups -OCH3 is 1. The Kier molecular flexibility index (Phi) is 5.10. The lowest BCUT2D eigenvalue weighted by Crippen LogP contribution is -2.45. The van der Waals surface area contributed by atoms with E-state index in [0.29, 0.717) is 6.54 Å². The van der Waals surface area contributed by atoms with Gasteiger partial charge in [0, 0.05) is 36.9 Å². The average molecular weight is 323 g/mol. The molecule has 0 bridgehead atoms. The number of rotatable bonds is 5. The minimum Gasteiger partial charge on any atom is -0.380 e. The molecule has 2 aliphatic rings. The minimum atomic E-state index is 0.00596. The summed E-state index contributed by atoms with van der Waals surface area (Å²) < 4.78 is 5.38. The molecule has 3 atom stereocenters. The highest BCUT2D eigenvalue weighted by Crippen LogP contribution is 2.28. The number of hydrogen-bond acceptors (Lipinski definition) is 5. The smallest absolute Gasteiger partial charge is 0.223 e. The Balaban J connectivity index is 1.44. The Labute approximate surface area is 135 Å². The van der Waals surface area contributed by atoms with Gasteiger partial charge in [0.1, 0.15) is 0 Å². The Morgan fingerprint density at radius 2 is 2.32 bits per heavy atom. The van der Waals surface area contributed by atoms with Crippen LogP contribution in [0.25, 0.3) is 0 Å². The van der Waals surface area contributed by atoms with Gasteiger partial charge in [0.25, 0.3) is 0 Å². The SMILES string of the molecule is CO[C@@H]1C[C@@H](C(=O)NCCc2nc3c(s2)CCC3)CC[C@H]1N. The highest BCUT2D eigenvalue weighted by atomic mass is 32.1. The van der Waals surface area contributed by atoms with Crippen molar-refractivity contribution in [2.45, 2.75) is 57.1 Å². The molecule has 5 nitrogen and oxygen atoms in total. The van der Waals surface area contributed by atoms with Crippen molar-refractivity contribution in [2.75, 3.05) is 13.7 Å². The van der Waals surface area contributed by atoms with Gasteiger partial charge in [-0.3, -0.25) is 4.79 Å². The minimum absolute atomic E-state index is 0.00596. The lowest BCUT2D eigenvalue weighted by molar-refractivity contribution is -0.127. The number of ether oxygens (including phenoxy) is 1. The van der Waals surface area contributed by atoms with Crippen LogP contribution in [0.3, 0.4) is 0 Å². The molecule has 0 spiro atoms. The van der Waals surface area contributed by atoms with E-state index < -0.39 is 0 Å². The van der Waals surface area contributed by atoms with Gasteiger partial charge in [-0.1, -0.05) is 0 Å². The molecule has 1 heterocycles. The molecule has 0 radical (unpaired) electrons. The largest absolute Gasteiger partial charge is 0.380 e. The summed E-state index contributed by atoms with van der Waals surface area (Å²) in [6.45, 7) is 0.672. The Morgan fingerprint density at radius 1 is 1.45 bits per heavy atom. The van der Waals surface area contributed by atoms with E-state index in [1.54, 1.807) is 7.11 Å². The van der Waals surface area contributed by atoms with Crippen LogP contribution in [0.4, 0.5) is 0 Å². The van der Waals surface area contributed by atoms with E-state index in [4.69, 9.17) is 10.5 Å². The normalized spacial score (nSPS) is 27.6. The van der Waals surface area contributed by atoms with Gasteiger partial charge in [0.05, 0.1) is 16.8 Å². The van der Waals surface area contributed by atoms with Crippen LogP contribution in [0.5, 0.6) is 0 Å². The highest BCUT2D eigenvalue weighted by Gasteiger charge is 2.31. The van der Waals surface area contributed by atoms with Gasteiger partial charge in [0.2, 0.25) is 5.91 Å². The summed E-state index contributed by atoms with van der Waals surface area (Å²) in [5, 5.41) is 4.21. The Bertz CT molecular complexity index is 510. The second-order valence-corrected chi connectivity index (χ2v) is 7.49. The molecule has 0 aromatic carbocycles. The van der Waals surface area contributed by atoms with Crippen LogP contribution in [-0.4, -0.2) is 36.7 Å². The topological polar surface area (TPSA) is 77.2 Å². The fourth-order valence-corrected chi connectivity index (χ4v) is 4.61. The van der Waals surface area contributed by atoms with Gasteiger partial charge in [-0.2, -0.15) is 0 Å². The monoisotopic (exact) mass is 323 g/mol. The third-order valence-electron chi connectivity index (χ3n) is 4.79. The molecule has 1 aromatic rings. The van der Waals surface area contributed by atoms with Crippen molar-refractivity contribution < 1.29 is 9.53 Å². The quantitative estimate of drug-likeness (QED) is 0.859. The first-order valence-corrected chi connectivity index (χ1v) is 9.02. The van der Waals surface area contributed by atoms with Crippen LogP contribution < -0.4 is 11.1 Å². The molecular formula is C16H25N3O2S. The van der Waals surface area contributed by atoms with E-state index in [2.05, 4.69) is 10.3 Å². The molecular weight excluding hydrogens is 298 g/mol. The van der Waals surface area contributed by atoms with Crippen molar-refractivity contribution in [1.29, 1.82) is 0 Å². The van der Waals surface area contributed by atoms with E-state index in [1.165, 1.54) is 23.4 Å². The molecule has 0 aliphatic heterocycles. The molecule has 0 saturated heterocycles. The summed E-state index contributed by atoms with van der Waals surface area (Å²) in [4.78, 5) is 18.4. The lowest BCUT2D eigenvalue weighted by atomic mass is 9.83. The predicted octanol–water partition coefficient (Wildman–Crippen LogP) is 1.43. The maximum Gasteiger partial charge on any atom is 0.223 e. The fraction of sp³-hybridized carbons (Fsp3) is 0.750. The Morgan fingerprint density at radius 3 is 3.09 bits per heavy atom. The number of carbonyl (C=O) groups excluding carboxylic acids is 1. The molecule has 3 rings (SSSR count). The summed E-state index contributed by atoms with van der Waals surface area (Å²) >= 11 is 1.81. The molecule has 22 heavy (non-hydrogen) atoms. The molecule has 3 N–H and O–H groups in total. The van der Waals surface area contributed by atoms with Gasteiger partial charge in [0.15, 0.2) is 0 Å². The number of thiazole rings is 1. The molecule has 1 fully saturated rings. The summed E-state index contributed by atoms with van der Waals surface area (Å²) in [6.07, 6.45) is 6.84. The van der Waals surface area contributed by atoms with Gasteiger partial charge >= 0.3 is 0 Å². The lowest BCUT2D eigenvalue weighted by Gasteiger charge is -2.32. The van der Waals surface area contributed by atoms with Gasteiger partial charge < -0.3 is 15.8 Å². The van der Waals surface area contributed by atoms with E-state index in [0.717, 1.165) is 37.1 Å². The average Bonchev–Trinajstić information content (AvgIpc) is 3.08. The third-order valence-corrected chi connectivity index (χ3v) is 6.01. The molecule has 6 heteroatoms. The summed E-state index contributed by atoms with van der Waals surface area (Å²) in [6, 6.07) is 0.0618. The standard InChI is InChI=1S/C16H25N3O2S/c1-21-13-9-10(5-6-11(13)17)16(20)18-8-7-15-19-12-3-2-4-14(12)22-15/h10-11,13H,2-9,17H2,1H3,(H,18,20)/t10-,11+,13+/m0/s1. The van der Waals surface area contributed by atoms with Crippen LogP contribution in [0, 0.1) is 5.92 Å². The van der Waals surface area contributed by atoms with Crippen molar-refractivity contribution in [1.82, 2.24) is 10.3 Å². The zero-order chi connectivity index (χ0) is 15.5. The molecule has 2 aliphatic carbocycles. The van der Waals surface area contributed by atoms with Crippen LogP contribution in [0.15, 0.2) is 0 Å². The second kappa shape index (κ2) is 7.06. The second-order valence-electron chi connectivity index (χ2n) is 6.32. The van der Waals surface area contributed by atoms with E-state index >= 15 is 0 Å². The molecule has 0 unspecified atom stereocenters. The number of nitrogens with two attached hydrogens (primary N) is 1. The van der Waals surface area contributed by atoms with Crippen LogP contribution in [0.1, 0.15) is 41.3 Å². The van der Waals surface area contributed by atoms with Crippen molar-refractivity contribution in [3.8, 4) is 0 Å². The van der Waals surface area contributed by atoms with E-state index in [-0.39, 0.29) is 24.0 Å². The first kappa shape index (κ1) is 15.9. The number of nitrogens with one attached hydrogen (secondary N) is 1. The summed E-state index contributed by atoms with van der Waals surface area (Å²) in [5.41, 5.74) is 7.29. The Hall–Kier alpha value is -0.980. The number of fused-ring (bicyclic) bond motifs is 1. The van der Waals surface area contributed by atoms with Gasteiger partial charge in [-0.25, -0.2) is 4.98 Å². The van der Waals surface area contributed by atoms with Crippen molar-refractivity contribution in [3.05, 3.63) is 15.6 Å². The number of aryl methyl sites for hydroxylation is 2. The molecule has 122 valence electrons. The summed E-state index contributed by atoms with van der Waals surface area (Å²) in [5.74, 6) is 0.170. The molecule has 1 saturated carbocycles. The van der Waals surface area contributed by atoms with Gasteiger partial charge in [-0.05, 0) is 38.5 Å². The summed E-state index contributed by atoms with van der Waals surface area (Å²) in [7, 11) is 1.67. The number of hydrogen-bond donors (Lipinski definition) is 2. The third kappa shape index (κ3) is 3.50. The first-order valence-electron chi connectivity index (χ1n) is 8.21.